The lowest BCUT2D eigenvalue weighted by Crippen LogP contribution is -1.98. The zero-order valence-corrected chi connectivity index (χ0v) is 17.1. The molecule has 0 spiro atoms. The number of carbonyl (C=O) groups excluding carboxylic acids is 1. The molecule has 1 aliphatic rings. The van der Waals surface area contributed by atoms with E-state index in [-0.39, 0.29) is 5.97 Å². The molecule has 3 heteroatoms. The molecule has 0 aromatic heterocycles. The van der Waals surface area contributed by atoms with E-state index >= 15 is 0 Å². The Morgan fingerprint density at radius 1 is 0.815 bits per heavy atom. The Morgan fingerprint density at radius 2 is 1.44 bits per heavy atom. The second-order valence-corrected chi connectivity index (χ2v) is 6.71. The molecule has 0 unspecified atom stereocenters. The molecule has 150 valence electrons. The van der Waals surface area contributed by atoms with Gasteiger partial charge in [-0.25, -0.2) is 4.79 Å². The Hall–Kier alpha value is -2.03. The summed E-state index contributed by atoms with van der Waals surface area (Å²) in [6.45, 7) is 4.45. The van der Waals surface area contributed by atoms with Crippen molar-refractivity contribution in [3.8, 4) is 0 Å². The molecular weight excluding hydrogens is 336 g/mol. The minimum absolute atomic E-state index is 0.324. The van der Waals surface area contributed by atoms with E-state index in [1.165, 1.54) is 63.9 Å². The van der Waals surface area contributed by atoms with Crippen molar-refractivity contribution < 1.29 is 14.3 Å². The van der Waals surface area contributed by atoms with Gasteiger partial charge < -0.3 is 9.47 Å². The van der Waals surface area contributed by atoms with Gasteiger partial charge >= 0.3 is 5.97 Å². The number of hydrogen-bond donors (Lipinski definition) is 0. The van der Waals surface area contributed by atoms with Crippen LogP contribution in [0.15, 0.2) is 60.1 Å². The highest BCUT2D eigenvalue weighted by Crippen LogP contribution is 2.31. The van der Waals surface area contributed by atoms with Gasteiger partial charge in [0.2, 0.25) is 0 Å². The SMILES string of the molecule is CCCCCCCCCCCC=CC=C1OC1=CC=CC=CC(=O)OCC. The van der Waals surface area contributed by atoms with E-state index in [2.05, 4.69) is 19.1 Å². The van der Waals surface area contributed by atoms with Crippen LogP contribution < -0.4 is 0 Å². The summed E-state index contributed by atoms with van der Waals surface area (Å²) >= 11 is 0. The van der Waals surface area contributed by atoms with Crippen LogP contribution in [-0.4, -0.2) is 12.6 Å². The fourth-order valence-electron chi connectivity index (χ4n) is 2.68. The van der Waals surface area contributed by atoms with E-state index in [4.69, 9.17) is 9.47 Å². The van der Waals surface area contributed by atoms with Crippen LogP contribution >= 0.6 is 0 Å². The Bertz CT molecular complexity index is 550. The van der Waals surface area contributed by atoms with Crippen molar-refractivity contribution in [2.24, 2.45) is 0 Å². The summed E-state index contributed by atoms with van der Waals surface area (Å²) in [5, 5.41) is 0. The number of esters is 1. The molecule has 1 heterocycles. The fourth-order valence-corrected chi connectivity index (χ4v) is 2.68. The molecule has 0 N–H and O–H groups in total. The first-order valence-corrected chi connectivity index (χ1v) is 10.5. The molecule has 0 radical (unpaired) electrons. The fraction of sp³-hybridized carbons (Fsp3) is 0.542. The van der Waals surface area contributed by atoms with E-state index in [0.717, 1.165) is 17.9 Å². The van der Waals surface area contributed by atoms with Crippen molar-refractivity contribution in [1.82, 2.24) is 0 Å². The van der Waals surface area contributed by atoms with Crippen molar-refractivity contribution in [3.63, 3.8) is 0 Å². The highest BCUT2D eigenvalue weighted by molar-refractivity contribution is 5.82. The monoisotopic (exact) mass is 372 g/mol. The van der Waals surface area contributed by atoms with Crippen molar-refractivity contribution in [2.75, 3.05) is 6.61 Å². The van der Waals surface area contributed by atoms with Gasteiger partial charge in [-0.1, -0.05) is 88.7 Å². The van der Waals surface area contributed by atoms with Crippen LogP contribution in [0.25, 0.3) is 0 Å². The molecule has 0 aromatic rings. The predicted octanol–water partition coefficient (Wildman–Crippen LogP) is 6.94. The van der Waals surface area contributed by atoms with E-state index in [9.17, 15) is 4.79 Å². The normalized spacial score (nSPS) is 16.8. The molecule has 0 atom stereocenters. The number of rotatable bonds is 15. The van der Waals surface area contributed by atoms with Crippen LogP contribution in [0.1, 0.15) is 78.1 Å². The maximum atomic E-state index is 11.1. The lowest BCUT2D eigenvalue weighted by Gasteiger charge is -2.00. The second-order valence-electron chi connectivity index (χ2n) is 6.71. The zero-order valence-electron chi connectivity index (χ0n) is 17.1. The minimum Gasteiger partial charge on any atom is -0.463 e. The molecule has 27 heavy (non-hydrogen) atoms. The quantitative estimate of drug-likeness (QED) is 0.103. The lowest BCUT2D eigenvalue weighted by atomic mass is 10.1. The van der Waals surface area contributed by atoms with Crippen LogP contribution in [0.5, 0.6) is 0 Å². The molecule has 0 amide bonds. The van der Waals surface area contributed by atoms with Gasteiger partial charge in [-0.3, -0.25) is 0 Å². The molecule has 3 nitrogen and oxygen atoms in total. The Morgan fingerprint density at radius 3 is 2.11 bits per heavy atom. The van der Waals surface area contributed by atoms with E-state index in [0.29, 0.717) is 6.61 Å². The lowest BCUT2D eigenvalue weighted by molar-refractivity contribution is -0.137. The molecule has 0 aliphatic carbocycles. The first-order valence-electron chi connectivity index (χ1n) is 10.5. The maximum Gasteiger partial charge on any atom is 0.330 e. The van der Waals surface area contributed by atoms with Gasteiger partial charge in [-0.2, -0.15) is 0 Å². The van der Waals surface area contributed by atoms with Crippen LogP contribution in [0.4, 0.5) is 0 Å². The molecule has 0 saturated carbocycles. The third-order valence-corrected chi connectivity index (χ3v) is 4.27. The highest BCUT2D eigenvalue weighted by Gasteiger charge is 2.21. The molecular formula is C24H36O3. The smallest absolute Gasteiger partial charge is 0.330 e. The largest absolute Gasteiger partial charge is 0.463 e. The van der Waals surface area contributed by atoms with Gasteiger partial charge in [-0.15, -0.1) is 0 Å². The first-order chi connectivity index (χ1) is 13.3. The maximum absolute atomic E-state index is 11.1. The predicted molar refractivity (Wildman–Crippen MR) is 113 cm³/mol. The van der Waals surface area contributed by atoms with Gasteiger partial charge in [0.1, 0.15) is 0 Å². The number of hydrogen-bond acceptors (Lipinski definition) is 3. The number of ether oxygens (including phenoxy) is 2. The van der Waals surface area contributed by atoms with E-state index in [1.54, 1.807) is 19.1 Å². The number of epoxide rings is 1. The molecule has 1 aliphatic heterocycles. The van der Waals surface area contributed by atoms with Crippen molar-refractivity contribution in [3.05, 3.63) is 60.1 Å². The van der Waals surface area contributed by atoms with Gasteiger partial charge in [-0.05, 0) is 31.9 Å². The van der Waals surface area contributed by atoms with Gasteiger partial charge in [0, 0.05) is 6.08 Å². The number of carbonyl (C=O) groups is 1. The Labute approximate surface area is 165 Å². The highest BCUT2D eigenvalue weighted by atomic mass is 16.6. The summed E-state index contributed by atoms with van der Waals surface area (Å²) in [5.74, 6) is 1.47. The van der Waals surface area contributed by atoms with E-state index < -0.39 is 0 Å². The third-order valence-electron chi connectivity index (χ3n) is 4.27. The average molecular weight is 373 g/mol. The molecule has 0 aromatic carbocycles. The Kier molecular flexibility index (Phi) is 13.8. The van der Waals surface area contributed by atoms with Gasteiger partial charge in [0.15, 0.2) is 11.5 Å². The summed E-state index contributed by atoms with van der Waals surface area (Å²) in [5.41, 5.74) is 0. The summed E-state index contributed by atoms with van der Waals surface area (Å²) < 4.78 is 10.2. The van der Waals surface area contributed by atoms with Crippen molar-refractivity contribution >= 4 is 5.97 Å². The topological polar surface area (TPSA) is 38.8 Å². The molecule has 1 saturated heterocycles. The second kappa shape index (κ2) is 16.2. The van der Waals surface area contributed by atoms with Crippen LogP contribution in [0.2, 0.25) is 0 Å². The molecule has 1 fully saturated rings. The van der Waals surface area contributed by atoms with Crippen LogP contribution in [0.3, 0.4) is 0 Å². The van der Waals surface area contributed by atoms with Gasteiger partial charge in [0.25, 0.3) is 0 Å². The molecule has 1 rings (SSSR count). The van der Waals surface area contributed by atoms with E-state index in [1.807, 2.05) is 18.2 Å². The summed E-state index contributed by atoms with van der Waals surface area (Å²) in [6, 6.07) is 0. The van der Waals surface area contributed by atoms with Crippen LogP contribution in [-0.2, 0) is 14.3 Å². The molecule has 0 bridgehead atoms. The summed E-state index contributed by atoms with van der Waals surface area (Å²) in [7, 11) is 0. The third kappa shape index (κ3) is 13.8. The Balaban J connectivity index is 2.02. The summed E-state index contributed by atoms with van der Waals surface area (Å²) in [6.07, 6.45) is 28.3. The van der Waals surface area contributed by atoms with Crippen molar-refractivity contribution in [1.29, 1.82) is 0 Å². The zero-order chi connectivity index (χ0) is 19.6. The average Bonchev–Trinajstić information content (AvgIpc) is 3.41. The minimum atomic E-state index is -0.324. The first kappa shape index (κ1) is 23.0. The van der Waals surface area contributed by atoms with Crippen LogP contribution in [0, 0.1) is 0 Å². The summed E-state index contributed by atoms with van der Waals surface area (Å²) in [4.78, 5) is 11.1. The standard InChI is InChI=1S/C24H36O3/c1-3-5-6-7-8-9-10-11-12-13-14-16-19-22-23(27-22)20-17-15-18-21-24(25)26-4-2/h14-21H,3-13H2,1-2H3. The van der Waals surface area contributed by atoms with Crippen molar-refractivity contribution in [2.45, 2.75) is 78.1 Å². The number of allylic oxidation sites excluding steroid dienone is 7. The number of unbranched alkanes of at least 4 members (excludes halogenated alkanes) is 9. The van der Waals surface area contributed by atoms with Gasteiger partial charge in [0.05, 0.1) is 6.61 Å².